The molecule has 1 atom stereocenters. The zero-order chi connectivity index (χ0) is 30.6. The molecule has 2 aromatic carbocycles. The Bertz CT molecular complexity index is 1520. The van der Waals surface area contributed by atoms with E-state index in [0.29, 0.717) is 53.5 Å². The van der Waals surface area contributed by atoms with E-state index >= 15 is 0 Å². The summed E-state index contributed by atoms with van der Waals surface area (Å²) in [5, 5.41) is 13.9. The number of primary amides is 1. The smallest absolute Gasteiger partial charge is 0.368 e. The first-order valence-electron chi connectivity index (χ1n) is 13.9. The number of aromatic amines is 1. The van der Waals surface area contributed by atoms with Crippen LogP contribution in [0.5, 0.6) is 0 Å². The number of nitrogens with two attached hydrogens (primary N) is 2. The van der Waals surface area contributed by atoms with Gasteiger partial charge in [-0.15, -0.1) is 22.6 Å². The predicted molar refractivity (Wildman–Crippen MR) is 160 cm³/mol. The van der Waals surface area contributed by atoms with Crippen LogP contribution < -0.4 is 16.4 Å². The van der Waals surface area contributed by atoms with Crippen molar-refractivity contribution in [2.75, 3.05) is 11.4 Å². The predicted octanol–water partition coefficient (Wildman–Crippen LogP) is 4.56. The highest BCUT2D eigenvalue weighted by molar-refractivity contribution is 6.01. The first kappa shape index (κ1) is 32.6. The number of benzene rings is 2. The lowest BCUT2D eigenvalue weighted by molar-refractivity contribution is -0.141. The fourth-order valence-corrected chi connectivity index (χ4v) is 5.47. The van der Waals surface area contributed by atoms with Crippen molar-refractivity contribution < 1.29 is 22.8 Å². The number of halogens is 4. The molecule has 1 fully saturated rings. The van der Waals surface area contributed by atoms with Crippen LogP contribution >= 0.6 is 12.4 Å². The maximum absolute atomic E-state index is 14.0. The van der Waals surface area contributed by atoms with Crippen LogP contribution in [0.4, 0.5) is 18.9 Å². The van der Waals surface area contributed by atoms with Crippen molar-refractivity contribution in [3.05, 3.63) is 78.1 Å². The number of hydrogen-bond donors (Lipinski definition) is 3. The van der Waals surface area contributed by atoms with E-state index in [9.17, 15) is 22.8 Å². The highest BCUT2D eigenvalue weighted by Gasteiger charge is 2.36. The molecule has 1 aliphatic carbocycles. The molecule has 0 radical (unpaired) electrons. The minimum Gasteiger partial charge on any atom is -0.368 e. The van der Waals surface area contributed by atoms with Gasteiger partial charge in [-0.3, -0.25) is 19.5 Å². The van der Waals surface area contributed by atoms with Crippen molar-refractivity contribution in [2.45, 2.75) is 44.3 Å². The van der Waals surface area contributed by atoms with Gasteiger partial charge in [-0.2, -0.15) is 18.4 Å². The molecular weight excluding hydrogens is 597 g/mol. The average Bonchev–Trinajstić information content (AvgIpc) is 3.56. The van der Waals surface area contributed by atoms with Gasteiger partial charge >= 0.3 is 6.18 Å². The van der Waals surface area contributed by atoms with Crippen molar-refractivity contribution in [3.8, 4) is 22.5 Å². The summed E-state index contributed by atoms with van der Waals surface area (Å²) >= 11 is 0. The van der Waals surface area contributed by atoms with Gasteiger partial charge in [-0.1, -0.05) is 30.3 Å². The Labute approximate surface area is 257 Å². The van der Waals surface area contributed by atoms with Gasteiger partial charge in [0.25, 0.3) is 0 Å². The van der Waals surface area contributed by atoms with Crippen LogP contribution in [0.15, 0.2) is 66.9 Å². The quantitative estimate of drug-likeness (QED) is 0.245. The lowest BCUT2D eigenvalue weighted by Gasteiger charge is -2.35. The summed E-state index contributed by atoms with van der Waals surface area (Å²) in [4.78, 5) is 32.0. The molecule has 0 unspecified atom stereocenters. The Kier molecular flexibility index (Phi) is 10.3. The van der Waals surface area contributed by atoms with E-state index < -0.39 is 23.8 Å². The normalized spacial score (nSPS) is 17.4. The van der Waals surface area contributed by atoms with Gasteiger partial charge < -0.3 is 11.5 Å². The first-order valence-corrected chi connectivity index (χ1v) is 13.9. The van der Waals surface area contributed by atoms with E-state index in [1.54, 1.807) is 48.5 Å². The van der Waals surface area contributed by atoms with Crippen LogP contribution in [-0.4, -0.2) is 50.0 Å². The topological polar surface area (TPSA) is 157 Å². The number of nitrogens with one attached hydrogen (secondary N) is 1. The van der Waals surface area contributed by atoms with Gasteiger partial charge in [-0.05, 0) is 84.8 Å². The molecule has 5 rings (SSSR count). The summed E-state index contributed by atoms with van der Waals surface area (Å²) in [5.41, 5.74) is 13.9. The number of pyridine rings is 1. The zero-order valence-electron chi connectivity index (χ0n) is 23.6. The Morgan fingerprint density at radius 1 is 0.932 bits per heavy atom. The maximum atomic E-state index is 14.0. The Hall–Kier alpha value is -4.36. The minimum atomic E-state index is -4.52. The molecule has 2 heterocycles. The number of nitrogens with zero attached hydrogens (tertiary/aromatic N) is 5. The molecule has 5 N–H and O–H groups in total. The monoisotopic (exact) mass is 628 g/mol. The molecule has 0 bridgehead atoms. The van der Waals surface area contributed by atoms with Gasteiger partial charge in [0.2, 0.25) is 17.6 Å². The number of anilines is 1. The summed E-state index contributed by atoms with van der Waals surface area (Å²) in [5.74, 6) is -0.367. The van der Waals surface area contributed by atoms with Gasteiger partial charge in [0, 0.05) is 35.3 Å². The molecule has 10 nitrogen and oxygen atoms in total. The highest BCUT2D eigenvalue weighted by atomic mass is 35.5. The minimum absolute atomic E-state index is 0. The Morgan fingerprint density at radius 3 is 2.09 bits per heavy atom. The van der Waals surface area contributed by atoms with Crippen molar-refractivity contribution in [2.24, 2.45) is 23.3 Å². The molecule has 1 aliphatic rings. The number of amides is 2. The zero-order valence-corrected chi connectivity index (χ0v) is 24.4. The van der Waals surface area contributed by atoms with E-state index in [0.717, 1.165) is 24.5 Å². The molecule has 0 aliphatic heterocycles. The standard InChI is InChI=1S/C30H31F3N8O2.ClH/c31-30(32,33)26-14-11-23(17-36-26)20-5-1-18(2-6-20)15-25(27(35)42)41(29(43)22-7-3-19(16-34)4-8-22)24-12-9-21(10-13-24)28-37-39-40-38-28;/h1-2,5-6,9-14,17,19,22,25H,3-4,7-8,15-16,34H2,(H2,35,42)(H,37,38,39,40);1H/t19-,22-,25-;/m0./s1. The van der Waals surface area contributed by atoms with Gasteiger partial charge in [0.05, 0.1) is 0 Å². The largest absolute Gasteiger partial charge is 0.433 e. The van der Waals surface area contributed by atoms with Crippen LogP contribution in [-0.2, 0) is 22.2 Å². The summed E-state index contributed by atoms with van der Waals surface area (Å²) < 4.78 is 38.7. The van der Waals surface area contributed by atoms with Crippen LogP contribution in [0.25, 0.3) is 22.5 Å². The van der Waals surface area contributed by atoms with Crippen LogP contribution in [0, 0.1) is 11.8 Å². The molecule has 14 heteroatoms. The second kappa shape index (κ2) is 14.0. The van der Waals surface area contributed by atoms with Crippen LogP contribution in [0.1, 0.15) is 36.9 Å². The third-order valence-corrected chi connectivity index (χ3v) is 7.93. The second-order valence-electron chi connectivity index (χ2n) is 10.7. The summed E-state index contributed by atoms with van der Waals surface area (Å²) in [7, 11) is 0. The number of H-pyrrole nitrogens is 1. The Balaban J connectivity index is 0.00000442. The Morgan fingerprint density at radius 2 is 1.57 bits per heavy atom. The van der Waals surface area contributed by atoms with Gasteiger partial charge in [0.15, 0.2) is 0 Å². The van der Waals surface area contributed by atoms with Gasteiger partial charge in [0.1, 0.15) is 11.7 Å². The molecule has 4 aromatic rings. The van der Waals surface area contributed by atoms with E-state index in [-0.39, 0.29) is 30.7 Å². The molecule has 1 saturated carbocycles. The average molecular weight is 629 g/mol. The first-order chi connectivity index (χ1) is 20.6. The summed E-state index contributed by atoms with van der Waals surface area (Å²) in [6.45, 7) is 0.574. The number of carbonyl (C=O) groups excluding carboxylic acids is 2. The number of aromatic nitrogens is 5. The molecule has 0 saturated heterocycles. The fourth-order valence-electron chi connectivity index (χ4n) is 5.47. The van der Waals surface area contributed by atoms with Crippen molar-refractivity contribution in [1.29, 1.82) is 0 Å². The lowest BCUT2D eigenvalue weighted by Crippen LogP contribution is -2.52. The van der Waals surface area contributed by atoms with E-state index in [1.165, 1.54) is 17.2 Å². The SMILES string of the molecule is Cl.NC[C@H]1CC[C@H](C(=O)N(c2ccc(-c3nn[nH]n3)cc2)[C@@H](Cc2ccc(-c3ccc(C(F)(F)F)nc3)cc2)C(N)=O)CC1. The third-order valence-electron chi connectivity index (χ3n) is 7.93. The van der Waals surface area contributed by atoms with E-state index in [1.807, 2.05) is 0 Å². The van der Waals surface area contributed by atoms with E-state index in [4.69, 9.17) is 11.5 Å². The molecule has 44 heavy (non-hydrogen) atoms. The van der Waals surface area contributed by atoms with Crippen molar-refractivity contribution in [3.63, 3.8) is 0 Å². The van der Waals surface area contributed by atoms with Gasteiger partial charge in [-0.25, -0.2) is 0 Å². The molecular formula is C30H32ClF3N8O2. The molecule has 0 spiro atoms. The molecule has 2 aromatic heterocycles. The number of hydrogen-bond acceptors (Lipinski definition) is 7. The van der Waals surface area contributed by atoms with Crippen molar-refractivity contribution >= 4 is 29.9 Å². The second-order valence-corrected chi connectivity index (χ2v) is 10.7. The van der Waals surface area contributed by atoms with Crippen LogP contribution in [0.3, 0.4) is 0 Å². The fraction of sp³-hybridized carbons (Fsp3) is 0.333. The molecule has 232 valence electrons. The summed E-state index contributed by atoms with van der Waals surface area (Å²) in [6, 6.07) is 15.2. The number of alkyl halides is 3. The third kappa shape index (κ3) is 7.40. The maximum Gasteiger partial charge on any atom is 0.433 e. The number of tetrazole rings is 1. The highest BCUT2D eigenvalue weighted by Crippen LogP contribution is 2.33. The molecule has 2 amide bonds. The van der Waals surface area contributed by atoms with Crippen molar-refractivity contribution in [1.82, 2.24) is 25.6 Å². The van der Waals surface area contributed by atoms with Crippen LogP contribution in [0.2, 0.25) is 0 Å². The lowest BCUT2D eigenvalue weighted by atomic mass is 9.81. The van der Waals surface area contributed by atoms with E-state index in [2.05, 4.69) is 25.6 Å². The number of rotatable bonds is 9. The number of carbonyl (C=O) groups is 2. The summed E-state index contributed by atoms with van der Waals surface area (Å²) in [6.07, 6.45) is -0.219.